The number of thiazole rings is 1. The number of nitrogens with zero attached hydrogens (tertiary/aromatic N) is 1. The van der Waals surface area contributed by atoms with Crippen molar-refractivity contribution in [3.05, 3.63) is 65.7 Å². The van der Waals surface area contributed by atoms with Crippen molar-refractivity contribution in [2.45, 2.75) is 39.6 Å². The summed E-state index contributed by atoms with van der Waals surface area (Å²) in [7, 11) is 0. The summed E-state index contributed by atoms with van der Waals surface area (Å²) in [5, 5.41) is 4.53. The lowest BCUT2D eigenvalue weighted by molar-refractivity contribution is -0.142. The zero-order valence-electron chi connectivity index (χ0n) is 16.7. The first kappa shape index (κ1) is 22.4. The molecule has 3 rings (SSSR count). The quantitative estimate of drug-likeness (QED) is 0.336. The molecule has 2 aromatic carbocycles. The smallest absolute Gasteiger partial charge is 0.311 e. The third kappa shape index (κ3) is 6.62. The molecule has 0 aliphatic carbocycles. The molecule has 156 valence electrons. The first-order valence-electron chi connectivity index (χ1n) is 9.44. The maximum Gasteiger partial charge on any atom is 0.311 e. The minimum atomic E-state index is -0.332. The summed E-state index contributed by atoms with van der Waals surface area (Å²) in [6.07, 6.45) is 0.148. The van der Waals surface area contributed by atoms with Gasteiger partial charge in [-0.2, -0.15) is 0 Å². The van der Waals surface area contributed by atoms with E-state index in [1.165, 1.54) is 23.1 Å². The molecule has 0 saturated heterocycles. The van der Waals surface area contributed by atoms with Crippen LogP contribution < -0.4 is 5.32 Å². The van der Waals surface area contributed by atoms with Gasteiger partial charge < -0.3 is 10.1 Å². The average molecular weight is 459 g/mol. The summed E-state index contributed by atoms with van der Waals surface area (Å²) in [5.74, 6) is -0.388. The van der Waals surface area contributed by atoms with Crippen LogP contribution in [0.5, 0.6) is 0 Å². The third-order valence-electron chi connectivity index (χ3n) is 3.92. The molecule has 3 aromatic rings. The van der Waals surface area contributed by atoms with Crippen molar-refractivity contribution in [3.8, 4) is 0 Å². The van der Waals surface area contributed by atoms with Gasteiger partial charge in [0.05, 0.1) is 29.7 Å². The van der Waals surface area contributed by atoms with Crippen molar-refractivity contribution < 1.29 is 14.3 Å². The number of aromatic nitrogens is 1. The molecule has 0 radical (unpaired) electrons. The van der Waals surface area contributed by atoms with Crippen LogP contribution in [0.2, 0.25) is 0 Å². The largest absolute Gasteiger partial charge is 0.466 e. The van der Waals surface area contributed by atoms with E-state index in [9.17, 15) is 9.59 Å². The Bertz CT molecular complexity index is 992. The van der Waals surface area contributed by atoms with Gasteiger partial charge in [-0.05, 0) is 38.1 Å². The Morgan fingerprint density at radius 3 is 2.63 bits per heavy atom. The number of amides is 1. The van der Waals surface area contributed by atoms with Gasteiger partial charge in [0, 0.05) is 15.2 Å². The van der Waals surface area contributed by atoms with E-state index in [4.69, 9.17) is 4.74 Å². The Kier molecular flexibility index (Phi) is 8.36. The number of thioether (sulfide) groups is 1. The van der Waals surface area contributed by atoms with E-state index in [-0.39, 0.29) is 23.5 Å². The van der Waals surface area contributed by atoms with Crippen LogP contribution in [0.15, 0.2) is 74.1 Å². The number of ether oxygens (including phenoxy) is 1. The van der Waals surface area contributed by atoms with Crippen LogP contribution in [0.25, 0.3) is 0 Å². The Balaban J connectivity index is 1.60. The van der Waals surface area contributed by atoms with Crippen LogP contribution in [-0.2, 0) is 20.7 Å². The molecule has 0 bridgehead atoms. The zero-order chi connectivity index (χ0) is 21.3. The van der Waals surface area contributed by atoms with Crippen molar-refractivity contribution >= 4 is 52.4 Å². The molecule has 1 aromatic heterocycles. The second-order valence-electron chi connectivity index (χ2n) is 6.25. The van der Waals surface area contributed by atoms with E-state index in [2.05, 4.69) is 10.3 Å². The van der Waals surface area contributed by atoms with Crippen molar-refractivity contribution in [2.75, 3.05) is 11.9 Å². The normalized spacial score (nSPS) is 11.7. The molecule has 0 aliphatic heterocycles. The highest BCUT2D eigenvalue weighted by Gasteiger charge is 2.18. The van der Waals surface area contributed by atoms with Gasteiger partial charge in [-0.15, -0.1) is 11.3 Å². The lowest BCUT2D eigenvalue weighted by Crippen LogP contribution is -2.22. The maximum atomic E-state index is 12.8. The highest BCUT2D eigenvalue weighted by Crippen LogP contribution is 2.34. The van der Waals surface area contributed by atoms with Crippen LogP contribution in [0, 0.1) is 0 Å². The van der Waals surface area contributed by atoms with Crippen molar-refractivity contribution in [3.63, 3.8) is 0 Å². The number of para-hydroxylation sites is 1. The Labute approximate surface area is 188 Å². The van der Waals surface area contributed by atoms with Gasteiger partial charge in [-0.3, -0.25) is 9.59 Å². The molecule has 8 heteroatoms. The van der Waals surface area contributed by atoms with Crippen LogP contribution in [0.3, 0.4) is 0 Å². The Morgan fingerprint density at radius 2 is 1.87 bits per heavy atom. The molecular weight excluding hydrogens is 436 g/mol. The number of hydrogen-bond acceptors (Lipinski definition) is 7. The summed E-state index contributed by atoms with van der Waals surface area (Å²) in [6.45, 7) is 3.97. The van der Waals surface area contributed by atoms with Gasteiger partial charge in [-0.1, -0.05) is 53.9 Å². The molecule has 1 unspecified atom stereocenters. The highest BCUT2D eigenvalue weighted by molar-refractivity contribution is 8.02. The number of carbonyl (C=O) groups excluding carboxylic acids is 2. The van der Waals surface area contributed by atoms with Gasteiger partial charge in [0.25, 0.3) is 0 Å². The molecule has 1 amide bonds. The summed E-state index contributed by atoms with van der Waals surface area (Å²) in [6, 6.07) is 17.8. The molecule has 1 N–H and O–H groups in total. The summed E-state index contributed by atoms with van der Waals surface area (Å²) in [5.41, 5.74) is 1.45. The molecular formula is C22H22N2O3S3. The fraction of sp³-hybridized carbons (Fsp3) is 0.227. The zero-order valence-corrected chi connectivity index (χ0v) is 19.1. The van der Waals surface area contributed by atoms with Crippen molar-refractivity contribution in [2.24, 2.45) is 0 Å². The van der Waals surface area contributed by atoms with Crippen molar-refractivity contribution in [1.82, 2.24) is 4.98 Å². The highest BCUT2D eigenvalue weighted by atomic mass is 32.2. The number of benzene rings is 2. The Morgan fingerprint density at radius 1 is 1.13 bits per heavy atom. The molecule has 0 aliphatic rings. The molecule has 30 heavy (non-hydrogen) atoms. The average Bonchev–Trinajstić information content (AvgIpc) is 3.17. The van der Waals surface area contributed by atoms with Crippen LogP contribution in [0.4, 0.5) is 5.69 Å². The molecule has 1 heterocycles. The standard InChI is InChI=1S/C22H22N2O3S3/c1-3-27-20(25)13-16-14-28-22(23-16)29-15(2)21(26)24-18-11-7-8-12-19(18)30-17-9-5-4-6-10-17/h4-12,14-15H,3,13H2,1-2H3,(H,24,26). The SMILES string of the molecule is CCOC(=O)Cc1csc(SC(C)C(=O)Nc2ccccc2Sc2ccccc2)n1. The molecule has 1 atom stereocenters. The topological polar surface area (TPSA) is 68.3 Å². The summed E-state index contributed by atoms with van der Waals surface area (Å²) >= 11 is 4.41. The monoisotopic (exact) mass is 458 g/mol. The van der Waals surface area contributed by atoms with E-state index in [1.807, 2.05) is 66.9 Å². The molecule has 5 nitrogen and oxygen atoms in total. The minimum absolute atomic E-state index is 0.0942. The first-order chi connectivity index (χ1) is 14.5. The fourth-order valence-corrected chi connectivity index (χ4v) is 5.40. The lowest BCUT2D eigenvalue weighted by Gasteiger charge is -2.13. The maximum absolute atomic E-state index is 12.8. The minimum Gasteiger partial charge on any atom is -0.466 e. The van der Waals surface area contributed by atoms with Crippen molar-refractivity contribution in [1.29, 1.82) is 0 Å². The number of hydrogen-bond donors (Lipinski definition) is 1. The second-order valence-corrected chi connectivity index (χ2v) is 9.81. The van der Waals surface area contributed by atoms with Gasteiger partial charge in [0.1, 0.15) is 0 Å². The number of anilines is 1. The van der Waals surface area contributed by atoms with Crippen LogP contribution >= 0.6 is 34.9 Å². The van der Waals surface area contributed by atoms with Gasteiger partial charge in [-0.25, -0.2) is 4.98 Å². The summed E-state index contributed by atoms with van der Waals surface area (Å²) < 4.78 is 5.70. The fourth-order valence-electron chi connectivity index (χ4n) is 2.50. The van der Waals surface area contributed by atoms with E-state index in [0.29, 0.717) is 12.3 Å². The van der Waals surface area contributed by atoms with Crippen LogP contribution in [0.1, 0.15) is 19.5 Å². The Hall–Kier alpha value is -2.29. The van der Waals surface area contributed by atoms with Gasteiger partial charge in [0.15, 0.2) is 4.34 Å². The molecule has 0 fully saturated rings. The number of nitrogens with one attached hydrogen (secondary N) is 1. The van der Waals surface area contributed by atoms with E-state index < -0.39 is 0 Å². The van der Waals surface area contributed by atoms with Crippen LogP contribution in [-0.4, -0.2) is 28.7 Å². The second kappa shape index (κ2) is 11.2. The number of rotatable bonds is 9. The van der Waals surface area contributed by atoms with E-state index >= 15 is 0 Å². The van der Waals surface area contributed by atoms with Gasteiger partial charge in [0.2, 0.25) is 5.91 Å². The van der Waals surface area contributed by atoms with E-state index in [0.717, 1.165) is 19.8 Å². The van der Waals surface area contributed by atoms with E-state index in [1.54, 1.807) is 18.7 Å². The molecule has 0 spiro atoms. The lowest BCUT2D eigenvalue weighted by atomic mass is 10.3. The molecule has 0 saturated carbocycles. The first-order valence-corrected chi connectivity index (χ1v) is 12.0. The van der Waals surface area contributed by atoms with Gasteiger partial charge >= 0.3 is 5.97 Å². The predicted octanol–water partition coefficient (Wildman–Crippen LogP) is 5.52. The third-order valence-corrected chi connectivity index (χ3v) is 7.13. The number of esters is 1. The number of carbonyl (C=O) groups is 2. The summed E-state index contributed by atoms with van der Waals surface area (Å²) in [4.78, 5) is 30.9. The predicted molar refractivity (Wildman–Crippen MR) is 123 cm³/mol.